The van der Waals surface area contributed by atoms with Crippen molar-refractivity contribution < 1.29 is 19.4 Å². The van der Waals surface area contributed by atoms with E-state index < -0.39 is 0 Å². The van der Waals surface area contributed by atoms with Gasteiger partial charge in [0.1, 0.15) is 12.4 Å². The van der Waals surface area contributed by atoms with Gasteiger partial charge in [-0.15, -0.1) is 0 Å². The zero-order chi connectivity index (χ0) is 31.3. The van der Waals surface area contributed by atoms with Gasteiger partial charge >= 0.3 is 5.97 Å². The molecule has 0 aromatic heterocycles. The summed E-state index contributed by atoms with van der Waals surface area (Å²) in [7, 11) is 0. The summed E-state index contributed by atoms with van der Waals surface area (Å²) in [6.07, 6.45) is 22.2. The average Bonchev–Trinajstić information content (AvgIpc) is 2.92. The van der Waals surface area contributed by atoms with Crippen molar-refractivity contribution in [2.24, 2.45) is 0 Å². The van der Waals surface area contributed by atoms with Gasteiger partial charge in [0.2, 0.25) is 0 Å². The van der Waals surface area contributed by atoms with Crippen molar-refractivity contribution in [2.45, 2.75) is 162 Å². The first kappa shape index (κ1) is 38.8. The monoisotopic (exact) mass is 606 g/mol. The molecule has 4 nitrogen and oxygen atoms in total. The van der Waals surface area contributed by atoms with E-state index in [1.54, 1.807) is 23.9 Å². The van der Waals surface area contributed by atoms with Gasteiger partial charge in [0, 0.05) is 29.2 Å². The average molecular weight is 607 g/mol. The topological polar surface area (TPSA) is 55.8 Å². The van der Waals surface area contributed by atoms with Gasteiger partial charge in [0.05, 0.1) is 12.2 Å². The molecule has 0 amide bonds. The van der Waals surface area contributed by atoms with Crippen LogP contribution in [0.3, 0.4) is 0 Å². The molecule has 1 aromatic rings. The predicted octanol–water partition coefficient (Wildman–Crippen LogP) is 11.2. The molecule has 0 saturated carbocycles. The fourth-order valence-corrected chi connectivity index (χ4v) is 5.89. The van der Waals surface area contributed by atoms with Crippen LogP contribution in [0, 0.1) is 0 Å². The van der Waals surface area contributed by atoms with Crippen molar-refractivity contribution in [2.75, 3.05) is 31.3 Å². The number of benzene rings is 1. The second-order valence-corrected chi connectivity index (χ2v) is 15.3. The largest absolute Gasteiger partial charge is 0.507 e. The molecule has 244 valence electrons. The fraction of sp³-hybridized carbons (Fsp3) is 0.811. The summed E-state index contributed by atoms with van der Waals surface area (Å²) in [5.41, 5.74) is 1.51. The molecule has 0 radical (unpaired) electrons. The number of thioether (sulfide) groups is 1. The standard InChI is InChI=1S/C37H66O4S/c1-8-9-10-11-12-13-14-15-16-17-18-19-20-21-22-23-24-40-25-27-42-28-26-41-35(39)31-29-32(36(2,3)4)34(38)33(30-31)37(5,6)7/h29-30,38H,8-28H2,1-7H3. The molecule has 1 aromatic carbocycles. The maximum absolute atomic E-state index is 12.8. The highest BCUT2D eigenvalue weighted by molar-refractivity contribution is 7.99. The first-order chi connectivity index (χ1) is 20.0. The normalized spacial score (nSPS) is 12.2. The summed E-state index contributed by atoms with van der Waals surface area (Å²) in [6, 6.07) is 3.57. The number of hydrogen-bond donors (Lipinski definition) is 1. The summed E-state index contributed by atoms with van der Waals surface area (Å²) >= 11 is 1.75. The molecule has 1 N–H and O–H groups in total. The maximum atomic E-state index is 12.8. The van der Waals surface area contributed by atoms with Crippen LogP contribution in [0.4, 0.5) is 0 Å². The van der Waals surface area contributed by atoms with Gasteiger partial charge in [-0.25, -0.2) is 4.79 Å². The Bertz CT molecular complexity index is 802. The van der Waals surface area contributed by atoms with E-state index in [0.717, 1.165) is 42.3 Å². The van der Waals surface area contributed by atoms with Gasteiger partial charge in [-0.1, -0.05) is 145 Å². The molecule has 0 bridgehead atoms. The fourth-order valence-electron chi connectivity index (χ4n) is 5.25. The summed E-state index contributed by atoms with van der Waals surface area (Å²) in [5, 5.41) is 10.9. The van der Waals surface area contributed by atoms with Crippen molar-refractivity contribution in [1.29, 1.82) is 0 Å². The number of aromatic hydroxyl groups is 1. The summed E-state index contributed by atoms with van der Waals surface area (Å²) < 4.78 is 11.4. The Morgan fingerprint density at radius 3 is 1.48 bits per heavy atom. The van der Waals surface area contributed by atoms with Gasteiger partial charge in [-0.2, -0.15) is 11.8 Å². The SMILES string of the molecule is CCCCCCCCCCCCCCCCCCOCCSCCOC(=O)c1cc(C(C)(C)C)c(O)c(C(C)(C)C)c1. The van der Waals surface area contributed by atoms with Crippen LogP contribution in [-0.2, 0) is 20.3 Å². The Labute approximate surface area is 264 Å². The minimum Gasteiger partial charge on any atom is -0.507 e. The van der Waals surface area contributed by atoms with Crippen molar-refractivity contribution in [3.05, 3.63) is 28.8 Å². The number of carbonyl (C=O) groups excluding carboxylic acids is 1. The van der Waals surface area contributed by atoms with E-state index in [1.165, 1.54) is 96.3 Å². The molecular weight excluding hydrogens is 540 g/mol. The van der Waals surface area contributed by atoms with Crippen LogP contribution >= 0.6 is 11.8 Å². The van der Waals surface area contributed by atoms with Gasteiger partial charge < -0.3 is 14.6 Å². The second kappa shape index (κ2) is 22.3. The first-order valence-corrected chi connectivity index (χ1v) is 18.3. The molecule has 0 heterocycles. The molecule has 1 rings (SSSR count). The number of ether oxygens (including phenoxy) is 2. The molecule has 0 fully saturated rings. The molecule has 5 heteroatoms. The van der Waals surface area contributed by atoms with Gasteiger partial charge in [-0.05, 0) is 29.4 Å². The van der Waals surface area contributed by atoms with Crippen LogP contribution in [0.1, 0.15) is 173 Å². The van der Waals surface area contributed by atoms with Gasteiger partial charge in [-0.3, -0.25) is 0 Å². The van der Waals surface area contributed by atoms with E-state index in [-0.39, 0.29) is 22.5 Å². The van der Waals surface area contributed by atoms with E-state index >= 15 is 0 Å². The summed E-state index contributed by atoms with van der Waals surface area (Å²) in [6.45, 7) is 16.5. The number of carbonyl (C=O) groups is 1. The molecule has 0 aliphatic rings. The molecule has 0 atom stereocenters. The van der Waals surface area contributed by atoms with Crippen LogP contribution in [0.25, 0.3) is 0 Å². The predicted molar refractivity (Wildman–Crippen MR) is 183 cm³/mol. The Morgan fingerprint density at radius 2 is 1.05 bits per heavy atom. The minimum atomic E-state index is -0.327. The van der Waals surface area contributed by atoms with Crippen LogP contribution in [0.15, 0.2) is 12.1 Å². The molecule has 0 aliphatic carbocycles. The Morgan fingerprint density at radius 1 is 0.643 bits per heavy atom. The third-order valence-electron chi connectivity index (χ3n) is 7.94. The molecule has 0 unspecified atom stereocenters. The lowest BCUT2D eigenvalue weighted by atomic mass is 9.78. The summed E-state index contributed by atoms with van der Waals surface area (Å²) in [5.74, 6) is 1.62. The summed E-state index contributed by atoms with van der Waals surface area (Å²) in [4.78, 5) is 12.8. The minimum absolute atomic E-state index is 0.275. The van der Waals surface area contributed by atoms with Gasteiger partial charge in [0.25, 0.3) is 0 Å². The highest BCUT2D eigenvalue weighted by atomic mass is 32.2. The number of rotatable bonds is 24. The molecule has 0 spiro atoms. The number of esters is 1. The highest BCUT2D eigenvalue weighted by Crippen LogP contribution is 2.39. The zero-order valence-electron chi connectivity index (χ0n) is 28.6. The smallest absolute Gasteiger partial charge is 0.338 e. The van der Waals surface area contributed by atoms with Crippen LogP contribution in [0.2, 0.25) is 0 Å². The Balaban J connectivity index is 2.02. The zero-order valence-corrected chi connectivity index (χ0v) is 29.4. The lowest BCUT2D eigenvalue weighted by Crippen LogP contribution is -2.19. The van der Waals surface area contributed by atoms with Crippen LogP contribution in [-0.4, -0.2) is 42.4 Å². The third-order valence-corrected chi connectivity index (χ3v) is 8.85. The molecule has 0 aliphatic heterocycles. The third kappa shape index (κ3) is 17.8. The molecule has 0 saturated heterocycles. The Hall–Kier alpha value is -1.20. The quantitative estimate of drug-likeness (QED) is 0.0937. The number of phenols is 1. The molecular formula is C37H66O4S. The Kier molecular flexibility index (Phi) is 20.6. The first-order valence-electron chi connectivity index (χ1n) is 17.2. The lowest BCUT2D eigenvalue weighted by molar-refractivity contribution is 0.0530. The van der Waals surface area contributed by atoms with Crippen molar-refractivity contribution in [3.8, 4) is 5.75 Å². The van der Waals surface area contributed by atoms with E-state index in [4.69, 9.17) is 9.47 Å². The highest BCUT2D eigenvalue weighted by Gasteiger charge is 2.28. The van der Waals surface area contributed by atoms with Crippen molar-refractivity contribution in [3.63, 3.8) is 0 Å². The second-order valence-electron chi connectivity index (χ2n) is 14.1. The van der Waals surface area contributed by atoms with Gasteiger partial charge in [0.15, 0.2) is 0 Å². The van der Waals surface area contributed by atoms with E-state index in [1.807, 2.05) is 41.5 Å². The van der Waals surface area contributed by atoms with Crippen LogP contribution in [0.5, 0.6) is 5.75 Å². The number of phenolic OH excluding ortho intramolecular Hbond substituents is 1. The lowest BCUT2D eigenvalue weighted by Gasteiger charge is -2.27. The van der Waals surface area contributed by atoms with E-state index in [0.29, 0.717) is 12.2 Å². The van der Waals surface area contributed by atoms with Crippen molar-refractivity contribution in [1.82, 2.24) is 0 Å². The van der Waals surface area contributed by atoms with Crippen molar-refractivity contribution >= 4 is 17.7 Å². The molecule has 42 heavy (non-hydrogen) atoms. The number of hydrogen-bond acceptors (Lipinski definition) is 5. The van der Waals surface area contributed by atoms with E-state index in [2.05, 4.69) is 6.92 Å². The van der Waals surface area contributed by atoms with E-state index in [9.17, 15) is 9.90 Å². The number of unbranched alkanes of at least 4 members (excludes halogenated alkanes) is 15. The van der Waals surface area contributed by atoms with Crippen LogP contribution < -0.4 is 0 Å². The maximum Gasteiger partial charge on any atom is 0.338 e.